The molecule has 0 spiro atoms. The Bertz CT molecular complexity index is 323. The Morgan fingerprint density at radius 2 is 2.18 bits per heavy atom. The van der Waals surface area contributed by atoms with Crippen molar-refractivity contribution in [2.75, 3.05) is 13.7 Å². The molecule has 0 saturated carbocycles. The van der Waals surface area contributed by atoms with Crippen molar-refractivity contribution in [3.8, 4) is 0 Å². The van der Waals surface area contributed by atoms with Crippen molar-refractivity contribution in [3.05, 3.63) is 15.6 Å². The number of nitrogens with zero attached hydrogens (tertiary/aromatic N) is 1. The standard InChI is InChI=1S/C13H24N2OS/c1-5-14-8-12-11(9-16-4)15-13(17-12)7-6-10(2)3/h10,14H,5-9H2,1-4H3. The SMILES string of the molecule is CCNCc1sc(CCC(C)C)nc1COC. The second kappa shape index (κ2) is 7.80. The fourth-order valence-electron chi connectivity index (χ4n) is 1.58. The molecule has 0 aliphatic rings. The fraction of sp³-hybridized carbons (Fsp3) is 0.769. The third-order valence-corrected chi connectivity index (χ3v) is 3.73. The summed E-state index contributed by atoms with van der Waals surface area (Å²) in [5.74, 6) is 0.738. The van der Waals surface area contributed by atoms with Crippen LogP contribution in [0.25, 0.3) is 0 Å². The molecule has 0 atom stereocenters. The van der Waals surface area contributed by atoms with Gasteiger partial charge >= 0.3 is 0 Å². The summed E-state index contributed by atoms with van der Waals surface area (Å²) < 4.78 is 5.20. The minimum absolute atomic E-state index is 0.624. The molecule has 0 bridgehead atoms. The number of hydrogen-bond acceptors (Lipinski definition) is 4. The molecule has 4 heteroatoms. The van der Waals surface area contributed by atoms with Gasteiger partial charge in [-0.05, 0) is 25.3 Å². The normalized spacial score (nSPS) is 11.4. The molecule has 0 saturated heterocycles. The van der Waals surface area contributed by atoms with Gasteiger partial charge in [0.05, 0.1) is 17.3 Å². The zero-order chi connectivity index (χ0) is 12.7. The lowest BCUT2D eigenvalue weighted by Gasteiger charge is -2.00. The van der Waals surface area contributed by atoms with E-state index in [1.807, 2.05) is 11.3 Å². The number of aromatic nitrogens is 1. The van der Waals surface area contributed by atoms with E-state index in [0.717, 1.165) is 31.1 Å². The molecule has 0 fully saturated rings. The maximum atomic E-state index is 5.20. The molecule has 0 aromatic carbocycles. The number of methoxy groups -OCH3 is 1. The highest BCUT2D eigenvalue weighted by molar-refractivity contribution is 7.11. The van der Waals surface area contributed by atoms with Gasteiger partial charge in [-0.15, -0.1) is 11.3 Å². The van der Waals surface area contributed by atoms with Crippen molar-refractivity contribution in [1.82, 2.24) is 10.3 Å². The molecule has 17 heavy (non-hydrogen) atoms. The van der Waals surface area contributed by atoms with E-state index < -0.39 is 0 Å². The van der Waals surface area contributed by atoms with E-state index in [9.17, 15) is 0 Å². The molecule has 1 aromatic heterocycles. The Morgan fingerprint density at radius 3 is 2.76 bits per heavy atom. The van der Waals surface area contributed by atoms with Gasteiger partial charge in [0.1, 0.15) is 0 Å². The first-order valence-corrected chi connectivity index (χ1v) is 7.16. The van der Waals surface area contributed by atoms with Gasteiger partial charge in [0.2, 0.25) is 0 Å². The number of ether oxygens (including phenoxy) is 1. The van der Waals surface area contributed by atoms with E-state index in [0.29, 0.717) is 6.61 Å². The largest absolute Gasteiger partial charge is 0.378 e. The number of nitrogens with one attached hydrogen (secondary N) is 1. The summed E-state index contributed by atoms with van der Waals surface area (Å²) in [6, 6.07) is 0. The highest BCUT2D eigenvalue weighted by Gasteiger charge is 2.10. The van der Waals surface area contributed by atoms with E-state index in [4.69, 9.17) is 4.74 Å². The summed E-state index contributed by atoms with van der Waals surface area (Å²) in [5, 5.41) is 4.61. The lowest BCUT2D eigenvalue weighted by Crippen LogP contribution is -2.12. The first-order chi connectivity index (χ1) is 8.17. The molecule has 0 aliphatic carbocycles. The molecule has 0 amide bonds. The first-order valence-electron chi connectivity index (χ1n) is 6.34. The average molecular weight is 256 g/mol. The summed E-state index contributed by atoms with van der Waals surface area (Å²) in [5.41, 5.74) is 1.11. The van der Waals surface area contributed by atoms with Crippen molar-refractivity contribution < 1.29 is 4.74 Å². The fourth-order valence-corrected chi connectivity index (χ4v) is 2.64. The van der Waals surface area contributed by atoms with E-state index in [2.05, 4.69) is 31.1 Å². The molecule has 98 valence electrons. The van der Waals surface area contributed by atoms with E-state index in [1.165, 1.54) is 16.3 Å². The number of thiazole rings is 1. The van der Waals surface area contributed by atoms with Crippen LogP contribution in [-0.2, 0) is 24.3 Å². The molecular weight excluding hydrogens is 232 g/mol. The minimum Gasteiger partial charge on any atom is -0.378 e. The van der Waals surface area contributed by atoms with Crippen LogP contribution >= 0.6 is 11.3 Å². The van der Waals surface area contributed by atoms with Crippen LogP contribution in [-0.4, -0.2) is 18.6 Å². The smallest absolute Gasteiger partial charge is 0.0932 e. The maximum absolute atomic E-state index is 5.20. The topological polar surface area (TPSA) is 34.2 Å². The van der Waals surface area contributed by atoms with Crippen molar-refractivity contribution in [2.24, 2.45) is 5.92 Å². The summed E-state index contributed by atoms with van der Waals surface area (Å²) in [4.78, 5) is 6.00. The molecule has 1 N–H and O–H groups in total. The quantitative estimate of drug-likeness (QED) is 0.776. The summed E-state index contributed by atoms with van der Waals surface area (Å²) in [6.07, 6.45) is 2.30. The summed E-state index contributed by atoms with van der Waals surface area (Å²) >= 11 is 1.83. The lowest BCUT2D eigenvalue weighted by atomic mass is 10.1. The zero-order valence-electron chi connectivity index (χ0n) is 11.4. The van der Waals surface area contributed by atoms with Gasteiger partial charge in [0, 0.05) is 18.5 Å². The van der Waals surface area contributed by atoms with Gasteiger partial charge in [-0.2, -0.15) is 0 Å². The highest BCUT2D eigenvalue weighted by Crippen LogP contribution is 2.21. The van der Waals surface area contributed by atoms with Gasteiger partial charge in [-0.3, -0.25) is 0 Å². The van der Waals surface area contributed by atoms with Crippen LogP contribution in [0, 0.1) is 5.92 Å². The molecule has 0 aliphatic heterocycles. The van der Waals surface area contributed by atoms with Crippen molar-refractivity contribution in [2.45, 2.75) is 46.8 Å². The Balaban J connectivity index is 2.65. The predicted octanol–water partition coefficient (Wildman–Crippen LogP) is 2.99. The van der Waals surface area contributed by atoms with Crippen LogP contribution < -0.4 is 5.32 Å². The van der Waals surface area contributed by atoms with Gasteiger partial charge in [-0.25, -0.2) is 4.98 Å². The second-order valence-electron chi connectivity index (χ2n) is 4.62. The monoisotopic (exact) mass is 256 g/mol. The first kappa shape index (κ1) is 14.6. The number of rotatable bonds is 8. The average Bonchev–Trinajstić information content (AvgIpc) is 2.67. The van der Waals surface area contributed by atoms with E-state index >= 15 is 0 Å². The van der Waals surface area contributed by atoms with Crippen molar-refractivity contribution in [1.29, 1.82) is 0 Å². The van der Waals surface area contributed by atoms with E-state index in [-0.39, 0.29) is 0 Å². The Labute approximate surface area is 109 Å². The molecular formula is C13H24N2OS. The predicted molar refractivity (Wildman–Crippen MR) is 73.4 cm³/mol. The third-order valence-electron chi connectivity index (χ3n) is 2.57. The summed E-state index contributed by atoms with van der Waals surface area (Å²) in [7, 11) is 1.73. The maximum Gasteiger partial charge on any atom is 0.0932 e. The van der Waals surface area contributed by atoms with Crippen LogP contribution in [0.15, 0.2) is 0 Å². The number of hydrogen-bond donors (Lipinski definition) is 1. The van der Waals surface area contributed by atoms with Gasteiger partial charge in [0.25, 0.3) is 0 Å². The molecule has 1 aromatic rings. The molecule has 3 nitrogen and oxygen atoms in total. The van der Waals surface area contributed by atoms with E-state index in [1.54, 1.807) is 7.11 Å². The van der Waals surface area contributed by atoms with Crippen LogP contribution in [0.5, 0.6) is 0 Å². The molecule has 0 unspecified atom stereocenters. The Kier molecular flexibility index (Phi) is 6.70. The van der Waals surface area contributed by atoms with Crippen molar-refractivity contribution in [3.63, 3.8) is 0 Å². The number of aryl methyl sites for hydroxylation is 1. The Hall–Kier alpha value is -0.450. The Morgan fingerprint density at radius 1 is 1.41 bits per heavy atom. The lowest BCUT2D eigenvalue weighted by molar-refractivity contribution is 0.181. The molecule has 0 radical (unpaired) electrons. The van der Waals surface area contributed by atoms with Crippen molar-refractivity contribution >= 4 is 11.3 Å². The zero-order valence-corrected chi connectivity index (χ0v) is 12.2. The second-order valence-corrected chi connectivity index (χ2v) is 5.79. The summed E-state index contributed by atoms with van der Waals surface area (Å²) in [6.45, 7) is 9.16. The highest BCUT2D eigenvalue weighted by atomic mass is 32.1. The van der Waals surface area contributed by atoms with Gasteiger partial charge in [-0.1, -0.05) is 20.8 Å². The van der Waals surface area contributed by atoms with Crippen LogP contribution in [0.2, 0.25) is 0 Å². The van der Waals surface area contributed by atoms with Gasteiger partial charge in [0.15, 0.2) is 0 Å². The van der Waals surface area contributed by atoms with Crippen LogP contribution in [0.4, 0.5) is 0 Å². The minimum atomic E-state index is 0.624. The van der Waals surface area contributed by atoms with Crippen LogP contribution in [0.3, 0.4) is 0 Å². The third kappa shape index (κ3) is 5.15. The van der Waals surface area contributed by atoms with Crippen LogP contribution in [0.1, 0.15) is 42.8 Å². The van der Waals surface area contributed by atoms with Gasteiger partial charge < -0.3 is 10.1 Å². The molecule has 1 heterocycles. The molecule has 1 rings (SSSR count).